The maximum atomic E-state index is 5.66. The van der Waals surface area contributed by atoms with E-state index in [4.69, 9.17) is 14.5 Å². The molecule has 134 valence electrons. The Hall–Kier alpha value is -0.850. The molecule has 2 rings (SSSR count). The van der Waals surface area contributed by atoms with Crippen LogP contribution in [0, 0.1) is 5.92 Å². The number of guanidine groups is 1. The van der Waals surface area contributed by atoms with E-state index in [9.17, 15) is 0 Å². The molecule has 0 radical (unpaired) electrons. The Morgan fingerprint density at radius 2 is 2.09 bits per heavy atom. The van der Waals surface area contributed by atoms with Crippen molar-refractivity contribution in [2.24, 2.45) is 10.9 Å². The highest BCUT2D eigenvalue weighted by Crippen LogP contribution is 2.17. The highest BCUT2D eigenvalue weighted by atomic mass is 16.5. The Balaban J connectivity index is 1.68. The Kier molecular flexibility index (Phi) is 8.71. The zero-order valence-corrected chi connectivity index (χ0v) is 14.9. The van der Waals surface area contributed by atoms with Crippen LogP contribution in [-0.2, 0) is 9.47 Å². The number of hydrogen-bond acceptors (Lipinski definition) is 4. The number of ether oxygens (including phenoxy) is 2. The molecule has 1 unspecified atom stereocenters. The molecule has 2 aliphatic heterocycles. The molecule has 2 heterocycles. The fraction of sp³-hybridized carbons (Fsp3) is 0.941. The molecule has 0 saturated carbocycles. The van der Waals surface area contributed by atoms with Crippen LogP contribution in [0.15, 0.2) is 4.99 Å². The van der Waals surface area contributed by atoms with Gasteiger partial charge in [0.05, 0.1) is 12.7 Å². The number of rotatable bonds is 8. The third-order valence-corrected chi connectivity index (χ3v) is 4.69. The van der Waals surface area contributed by atoms with Gasteiger partial charge in [-0.1, -0.05) is 0 Å². The molecular formula is C17H34N4O2. The van der Waals surface area contributed by atoms with Crippen LogP contribution in [-0.4, -0.2) is 76.6 Å². The van der Waals surface area contributed by atoms with Gasteiger partial charge in [0.1, 0.15) is 0 Å². The molecule has 2 saturated heterocycles. The van der Waals surface area contributed by atoms with E-state index in [-0.39, 0.29) is 0 Å². The van der Waals surface area contributed by atoms with Crippen molar-refractivity contribution in [1.29, 1.82) is 0 Å². The fourth-order valence-electron chi connectivity index (χ4n) is 3.19. The van der Waals surface area contributed by atoms with Crippen molar-refractivity contribution in [2.75, 3.05) is 59.6 Å². The van der Waals surface area contributed by atoms with Gasteiger partial charge in [0, 0.05) is 39.9 Å². The van der Waals surface area contributed by atoms with Crippen molar-refractivity contribution in [3.63, 3.8) is 0 Å². The molecule has 2 N–H and O–H groups in total. The number of hydrogen-bond donors (Lipinski definition) is 2. The second kappa shape index (κ2) is 10.8. The Morgan fingerprint density at radius 1 is 1.26 bits per heavy atom. The average molecular weight is 326 g/mol. The highest BCUT2D eigenvalue weighted by Gasteiger charge is 2.19. The lowest BCUT2D eigenvalue weighted by atomic mass is 9.97. The zero-order valence-electron chi connectivity index (χ0n) is 14.9. The van der Waals surface area contributed by atoms with Crippen molar-refractivity contribution in [3.05, 3.63) is 0 Å². The van der Waals surface area contributed by atoms with Crippen LogP contribution in [0.1, 0.15) is 32.6 Å². The van der Waals surface area contributed by atoms with Gasteiger partial charge in [0.15, 0.2) is 5.96 Å². The zero-order chi connectivity index (χ0) is 16.3. The third kappa shape index (κ3) is 7.06. The first-order chi connectivity index (χ1) is 11.3. The summed E-state index contributed by atoms with van der Waals surface area (Å²) in [6, 6.07) is 0. The second-order valence-electron chi connectivity index (χ2n) is 6.51. The SMILES string of the molecule is CCNC(=NCC1CCN(CCOC)CC1)NCC1CCCO1. The van der Waals surface area contributed by atoms with Gasteiger partial charge in [-0.3, -0.25) is 4.99 Å². The first kappa shape index (κ1) is 18.5. The van der Waals surface area contributed by atoms with Crippen LogP contribution >= 0.6 is 0 Å². The van der Waals surface area contributed by atoms with E-state index >= 15 is 0 Å². The first-order valence-corrected chi connectivity index (χ1v) is 9.17. The predicted octanol–water partition coefficient (Wildman–Crippen LogP) is 1.08. The summed E-state index contributed by atoms with van der Waals surface area (Å²) < 4.78 is 10.8. The average Bonchev–Trinajstić information content (AvgIpc) is 3.10. The molecule has 0 aromatic carbocycles. The second-order valence-corrected chi connectivity index (χ2v) is 6.51. The van der Waals surface area contributed by atoms with Crippen LogP contribution in [0.3, 0.4) is 0 Å². The van der Waals surface area contributed by atoms with E-state index in [2.05, 4.69) is 22.5 Å². The van der Waals surface area contributed by atoms with Gasteiger partial charge in [0.25, 0.3) is 0 Å². The van der Waals surface area contributed by atoms with Gasteiger partial charge >= 0.3 is 0 Å². The Labute approximate surface area is 141 Å². The first-order valence-electron chi connectivity index (χ1n) is 9.17. The van der Waals surface area contributed by atoms with Crippen molar-refractivity contribution >= 4 is 5.96 Å². The van der Waals surface area contributed by atoms with E-state index in [1.54, 1.807) is 7.11 Å². The predicted molar refractivity (Wildman–Crippen MR) is 94.0 cm³/mol. The molecule has 6 heteroatoms. The summed E-state index contributed by atoms with van der Waals surface area (Å²) in [5, 5.41) is 6.77. The fourth-order valence-corrected chi connectivity index (χ4v) is 3.19. The molecule has 0 aromatic rings. The number of likely N-dealkylation sites (tertiary alicyclic amines) is 1. The monoisotopic (exact) mass is 326 g/mol. The molecule has 0 bridgehead atoms. The minimum Gasteiger partial charge on any atom is -0.383 e. The summed E-state index contributed by atoms with van der Waals surface area (Å²) in [5.41, 5.74) is 0. The molecular weight excluding hydrogens is 292 g/mol. The minimum absolute atomic E-state index is 0.350. The largest absolute Gasteiger partial charge is 0.383 e. The van der Waals surface area contributed by atoms with E-state index in [1.165, 1.54) is 32.4 Å². The molecule has 2 fully saturated rings. The molecule has 0 aromatic heterocycles. The Morgan fingerprint density at radius 3 is 2.74 bits per heavy atom. The van der Waals surface area contributed by atoms with E-state index in [0.29, 0.717) is 12.0 Å². The van der Waals surface area contributed by atoms with Crippen LogP contribution < -0.4 is 10.6 Å². The minimum atomic E-state index is 0.350. The Bertz CT molecular complexity index is 337. The molecule has 6 nitrogen and oxygen atoms in total. The molecule has 0 amide bonds. The standard InChI is InChI=1S/C17H34N4O2/c1-3-18-17(20-14-16-5-4-11-23-16)19-13-15-6-8-21(9-7-15)10-12-22-2/h15-16H,3-14H2,1-2H3,(H2,18,19,20). The summed E-state index contributed by atoms with van der Waals surface area (Å²) in [4.78, 5) is 7.27. The van der Waals surface area contributed by atoms with Crippen LogP contribution in [0.4, 0.5) is 0 Å². The summed E-state index contributed by atoms with van der Waals surface area (Å²) in [5.74, 6) is 1.64. The summed E-state index contributed by atoms with van der Waals surface area (Å²) in [7, 11) is 1.77. The summed E-state index contributed by atoms with van der Waals surface area (Å²) in [6.07, 6.45) is 5.16. The molecule has 0 aliphatic carbocycles. The summed E-state index contributed by atoms with van der Waals surface area (Å²) in [6.45, 7) is 9.91. The van der Waals surface area contributed by atoms with Crippen molar-refractivity contribution in [3.8, 4) is 0 Å². The number of nitrogens with one attached hydrogen (secondary N) is 2. The highest BCUT2D eigenvalue weighted by molar-refractivity contribution is 5.79. The van der Waals surface area contributed by atoms with Crippen LogP contribution in [0.5, 0.6) is 0 Å². The lowest BCUT2D eigenvalue weighted by Gasteiger charge is -2.31. The van der Waals surface area contributed by atoms with Gasteiger partial charge < -0.3 is 25.0 Å². The number of methoxy groups -OCH3 is 1. The van der Waals surface area contributed by atoms with Gasteiger partial charge in [-0.25, -0.2) is 0 Å². The van der Waals surface area contributed by atoms with Crippen LogP contribution in [0.2, 0.25) is 0 Å². The molecule has 0 spiro atoms. The maximum absolute atomic E-state index is 5.66. The van der Waals surface area contributed by atoms with E-state index in [0.717, 1.165) is 51.8 Å². The number of aliphatic imine (C=N–C) groups is 1. The molecule has 1 atom stereocenters. The van der Waals surface area contributed by atoms with Crippen molar-refractivity contribution in [2.45, 2.75) is 38.7 Å². The molecule has 2 aliphatic rings. The van der Waals surface area contributed by atoms with Crippen molar-refractivity contribution < 1.29 is 9.47 Å². The van der Waals surface area contributed by atoms with Crippen molar-refractivity contribution in [1.82, 2.24) is 15.5 Å². The number of piperidine rings is 1. The van der Waals surface area contributed by atoms with Gasteiger partial charge in [-0.2, -0.15) is 0 Å². The van der Waals surface area contributed by atoms with Crippen LogP contribution in [0.25, 0.3) is 0 Å². The quantitative estimate of drug-likeness (QED) is 0.516. The normalized spacial score (nSPS) is 24.1. The third-order valence-electron chi connectivity index (χ3n) is 4.69. The van der Waals surface area contributed by atoms with Gasteiger partial charge in [-0.05, 0) is 51.6 Å². The smallest absolute Gasteiger partial charge is 0.191 e. The van der Waals surface area contributed by atoms with Gasteiger partial charge in [0.2, 0.25) is 0 Å². The topological polar surface area (TPSA) is 58.1 Å². The lowest BCUT2D eigenvalue weighted by Crippen LogP contribution is -2.42. The van der Waals surface area contributed by atoms with E-state index < -0.39 is 0 Å². The van der Waals surface area contributed by atoms with Gasteiger partial charge in [-0.15, -0.1) is 0 Å². The maximum Gasteiger partial charge on any atom is 0.191 e. The van der Waals surface area contributed by atoms with E-state index in [1.807, 2.05) is 0 Å². The number of nitrogens with zero attached hydrogens (tertiary/aromatic N) is 2. The molecule has 23 heavy (non-hydrogen) atoms. The summed E-state index contributed by atoms with van der Waals surface area (Å²) >= 11 is 0. The lowest BCUT2D eigenvalue weighted by molar-refractivity contribution is 0.113.